The van der Waals surface area contributed by atoms with Crippen molar-refractivity contribution in [3.8, 4) is 0 Å². The van der Waals surface area contributed by atoms with Crippen molar-refractivity contribution in [3.63, 3.8) is 0 Å². The molecule has 0 atom stereocenters. The van der Waals surface area contributed by atoms with Crippen molar-refractivity contribution in [1.29, 1.82) is 0 Å². The minimum absolute atomic E-state index is 0.364. The van der Waals surface area contributed by atoms with Gasteiger partial charge in [-0.3, -0.25) is 4.98 Å². The molecule has 0 aliphatic heterocycles. The van der Waals surface area contributed by atoms with E-state index < -0.39 is 0 Å². The lowest BCUT2D eigenvalue weighted by Gasteiger charge is -2.17. The van der Waals surface area contributed by atoms with Gasteiger partial charge in [0.05, 0.1) is 0 Å². The van der Waals surface area contributed by atoms with E-state index in [1.807, 2.05) is 18.5 Å². The van der Waals surface area contributed by atoms with E-state index in [1.54, 1.807) is 0 Å². The van der Waals surface area contributed by atoms with Crippen LogP contribution in [0.5, 0.6) is 0 Å². The molecular weight excluding hydrogens is 134 g/mol. The highest BCUT2D eigenvalue weighted by Crippen LogP contribution is 2.19. The van der Waals surface area contributed by atoms with E-state index in [0.29, 0.717) is 5.41 Å². The van der Waals surface area contributed by atoms with Crippen molar-refractivity contribution in [1.82, 2.24) is 4.98 Å². The first-order valence-electron chi connectivity index (χ1n) is 3.97. The summed E-state index contributed by atoms with van der Waals surface area (Å²) in [7, 11) is 0. The van der Waals surface area contributed by atoms with Crippen LogP contribution in [0.1, 0.15) is 26.3 Å². The van der Waals surface area contributed by atoms with E-state index in [1.165, 1.54) is 5.56 Å². The fourth-order valence-electron chi connectivity index (χ4n) is 1.12. The highest BCUT2D eigenvalue weighted by molar-refractivity contribution is 5.09. The summed E-state index contributed by atoms with van der Waals surface area (Å²) in [6, 6.07) is 4.11. The first kappa shape index (κ1) is 8.25. The zero-order chi connectivity index (χ0) is 8.32. The largest absolute Gasteiger partial charge is 0.264 e. The molecular formula is C10H15N. The molecule has 11 heavy (non-hydrogen) atoms. The fraction of sp³-hybridized carbons (Fsp3) is 0.500. The normalized spacial score (nSPS) is 11.5. The molecule has 1 aromatic heterocycles. The molecule has 0 amide bonds. The summed E-state index contributed by atoms with van der Waals surface area (Å²) in [5.74, 6) is 0. The predicted octanol–water partition coefficient (Wildman–Crippen LogP) is 2.67. The first-order chi connectivity index (χ1) is 5.08. The minimum atomic E-state index is 0.364. The maximum Gasteiger partial charge on any atom is 0.0300 e. The van der Waals surface area contributed by atoms with Gasteiger partial charge in [-0.2, -0.15) is 0 Å². The second-order valence-corrected chi connectivity index (χ2v) is 4.10. The molecule has 0 aromatic carbocycles. The molecule has 60 valence electrons. The van der Waals surface area contributed by atoms with Crippen LogP contribution in [-0.2, 0) is 6.42 Å². The van der Waals surface area contributed by atoms with Crippen molar-refractivity contribution in [2.24, 2.45) is 5.41 Å². The van der Waals surface area contributed by atoms with Crippen LogP contribution in [-0.4, -0.2) is 4.98 Å². The molecule has 0 aliphatic rings. The van der Waals surface area contributed by atoms with Crippen LogP contribution in [0.2, 0.25) is 0 Å². The van der Waals surface area contributed by atoms with Gasteiger partial charge in [-0.05, 0) is 23.5 Å². The Kier molecular flexibility index (Phi) is 2.28. The van der Waals surface area contributed by atoms with Crippen LogP contribution < -0.4 is 0 Å². The average Bonchev–Trinajstić information content (AvgIpc) is 1.85. The second-order valence-electron chi connectivity index (χ2n) is 4.10. The van der Waals surface area contributed by atoms with E-state index >= 15 is 0 Å². The van der Waals surface area contributed by atoms with Gasteiger partial charge in [0.2, 0.25) is 0 Å². The summed E-state index contributed by atoms with van der Waals surface area (Å²) in [5, 5.41) is 0. The molecule has 0 radical (unpaired) electrons. The van der Waals surface area contributed by atoms with E-state index in [2.05, 4.69) is 31.8 Å². The van der Waals surface area contributed by atoms with Crippen LogP contribution >= 0.6 is 0 Å². The molecule has 1 heteroatoms. The van der Waals surface area contributed by atoms with Gasteiger partial charge in [0, 0.05) is 12.4 Å². The summed E-state index contributed by atoms with van der Waals surface area (Å²) >= 11 is 0. The molecule has 0 aliphatic carbocycles. The molecule has 0 saturated heterocycles. The Bertz CT molecular complexity index is 208. The maximum atomic E-state index is 4.07. The zero-order valence-corrected chi connectivity index (χ0v) is 7.46. The molecule has 1 heterocycles. The molecule has 0 N–H and O–H groups in total. The summed E-state index contributed by atoms with van der Waals surface area (Å²) in [4.78, 5) is 4.07. The van der Waals surface area contributed by atoms with E-state index in [-0.39, 0.29) is 0 Å². The predicted molar refractivity (Wildman–Crippen MR) is 47.4 cm³/mol. The van der Waals surface area contributed by atoms with E-state index in [4.69, 9.17) is 0 Å². The van der Waals surface area contributed by atoms with Crippen LogP contribution in [0.4, 0.5) is 0 Å². The summed E-state index contributed by atoms with van der Waals surface area (Å²) in [6.45, 7) is 6.71. The Morgan fingerprint density at radius 1 is 1.36 bits per heavy atom. The molecule has 1 nitrogen and oxygen atoms in total. The van der Waals surface area contributed by atoms with Crippen molar-refractivity contribution >= 4 is 0 Å². The summed E-state index contributed by atoms with van der Waals surface area (Å²) < 4.78 is 0. The molecule has 0 spiro atoms. The number of hydrogen-bond donors (Lipinski definition) is 0. The van der Waals surface area contributed by atoms with Crippen LogP contribution in [0.25, 0.3) is 0 Å². The Morgan fingerprint density at radius 2 is 2.09 bits per heavy atom. The van der Waals surface area contributed by atoms with Gasteiger partial charge in [-0.1, -0.05) is 26.8 Å². The Labute approximate surface area is 68.5 Å². The quantitative estimate of drug-likeness (QED) is 0.598. The summed E-state index contributed by atoms with van der Waals surface area (Å²) in [6.07, 6.45) is 4.85. The standard InChI is InChI=1S/C10H15N/c1-10(2,3)7-9-5-4-6-11-8-9/h4-6,8H,7H2,1-3H3. The third kappa shape index (κ3) is 3.17. The van der Waals surface area contributed by atoms with Crippen molar-refractivity contribution in [3.05, 3.63) is 30.1 Å². The Morgan fingerprint density at radius 3 is 2.55 bits per heavy atom. The third-order valence-electron chi connectivity index (χ3n) is 1.46. The zero-order valence-electron chi connectivity index (χ0n) is 7.46. The smallest absolute Gasteiger partial charge is 0.0300 e. The Balaban J connectivity index is 2.66. The summed E-state index contributed by atoms with van der Waals surface area (Å²) in [5.41, 5.74) is 1.68. The molecule has 0 bridgehead atoms. The van der Waals surface area contributed by atoms with Gasteiger partial charge in [-0.15, -0.1) is 0 Å². The molecule has 0 saturated carbocycles. The third-order valence-corrected chi connectivity index (χ3v) is 1.46. The van der Waals surface area contributed by atoms with E-state index in [0.717, 1.165) is 6.42 Å². The molecule has 0 unspecified atom stereocenters. The second kappa shape index (κ2) is 3.04. The van der Waals surface area contributed by atoms with Gasteiger partial charge in [0.25, 0.3) is 0 Å². The lowest BCUT2D eigenvalue weighted by atomic mass is 9.89. The Hall–Kier alpha value is -0.850. The highest BCUT2D eigenvalue weighted by Gasteiger charge is 2.10. The first-order valence-corrected chi connectivity index (χ1v) is 3.97. The number of rotatable bonds is 1. The van der Waals surface area contributed by atoms with Crippen LogP contribution in [0.15, 0.2) is 24.5 Å². The fourth-order valence-corrected chi connectivity index (χ4v) is 1.12. The van der Waals surface area contributed by atoms with Gasteiger partial charge in [0.1, 0.15) is 0 Å². The van der Waals surface area contributed by atoms with Gasteiger partial charge >= 0.3 is 0 Å². The van der Waals surface area contributed by atoms with Crippen molar-refractivity contribution in [2.45, 2.75) is 27.2 Å². The number of pyridine rings is 1. The van der Waals surface area contributed by atoms with E-state index in [9.17, 15) is 0 Å². The van der Waals surface area contributed by atoms with Crippen molar-refractivity contribution < 1.29 is 0 Å². The molecule has 1 rings (SSSR count). The van der Waals surface area contributed by atoms with Gasteiger partial charge in [-0.25, -0.2) is 0 Å². The molecule has 1 aromatic rings. The van der Waals surface area contributed by atoms with Gasteiger partial charge in [0.15, 0.2) is 0 Å². The SMILES string of the molecule is CC(C)(C)Cc1cccnc1. The topological polar surface area (TPSA) is 12.9 Å². The van der Waals surface area contributed by atoms with Crippen molar-refractivity contribution in [2.75, 3.05) is 0 Å². The monoisotopic (exact) mass is 149 g/mol. The molecule has 0 fully saturated rings. The lowest BCUT2D eigenvalue weighted by Crippen LogP contribution is -2.08. The average molecular weight is 149 g/mol. The minimum Gasteiger partial charge on any atom is -0.264 e. The number of nitrogens with zero attached hydrogens (tertiary/aromatic N) is 1. The number of hydrogen-bond acceptors (Lipinski definition) is 1. The van der Waals surface area contributed by atoms with Crippen LogP contribution in [0, 0.1) is 5.41 Å². The van der Waals surface area contributed by atoms with Crippen LogP contribution in [0.3, 0.4) is 0 Å². The highest BCUT2D eigenvalue weighted by atomic mass is 14.6. The maximum absolute atomic E-state index is 4.07. The van der Waals surface area contributed by atoms with Gasteiger partial charge < -0.3 is 0 Å². The lowest BCUT2D eigenvalue weighted by molar-refractivity contribution is 0.411. The number of aromatic nitrogens is 1.